The summed E-state index contributed by atoms with van der Waals surface area (Å²) in [7, 11) is 0. The van der Waals surface area contributed by atoms with Gasteiger partial charge in [-0.15, -0.1) is 0 Å². The number of hydrogen-bond acceptors (Lipinski definition) is 2. The van der Waals surface area contributed by atoms with Gasteiger partial charge in [0, 0.05) is 11.6 Å². The molecule has 0 saturated heterocycles. The zero-order chi connectivity index (χ0) is 18.0. The normalized spacial score (nSPS) is 10.9. The van der Waals surface area contributed by atoms with E-state index in [1.54, 1.807) is 28.9 Å². The predicted octanol–water partition coefficient (Wildman–Crippen LogP) is 4.13. The molecular formula is C20H20FN3O. The first-order valence-corrected chi connectivity index (χ1v) is 8.18. The molecule has 0 radical (unpaired) electrons. The number of nitrogens with one attached hydrogen (secondary N) is 1. The minimum atomic E-state index is -0.368. The Hall–Kier alpha value is -2.95. The second-order valence-electron chi connectivity index (χ2n) is 6.27. The molecule has 0 aliphatic carbocycles. The summed E-state index contributed by atoms with van der Waals surface area (Å²) < 4.78 is 15.7. The molecule has 4 nitrogen and oxygen atoms in total. The summed E-state index contributed by atoms with van der Waals surface area (Å²) in [6.07, 6.45) is 0. The van der Waals surface area contributed by atoms with Crippen LogP contribution in [0.4, 0.5) is 4.39 Å². The molecule has 128 valence electrons. The van der Waals surface area contributed by atoms with Crippen LogP contribution in [0.15, 0.2) is 54.6 Å². The molecule has 1 aromatic heterocycles. The molecule has 1 N–H and O–H groups in total. The zero-order valence-electron chi connectivity index (χ0n) is 14.5. The highest BCUT2D eigenvalue weighted by molar-refractivity contribution is 5.94. The highest BCUT2D eigenvalue weighted by Gasteiger charge is 2.19. The largest absolute Gasteiger partial charge is 0.349 e. The van der Waals surface area contributed by atoms with Gasteiger partial charge >= 0.3 is 0 Å². The lowest BCUT2D eigenvalue weighted by Crippen LogP contribution is -2.31. The van der Waals surface area contributed by atoms with E-state index in [0.29, 0.717) is 17.0 Å². The third-order valence-electron chi connectivity index (χ3n) is 3.76. The molecule has 0 aliphatic rings. The van der Waals surface area contributed by atoms with Gasteiger partial charge in [0.05, 0.1) is 11.4 Å². The van der Waals surface area contributed by atoms with Crippen molar-refractivity contribution < 1.29 is 9.18 Å². The SMILES string of the molecule is Cc1cccc(-n2nc(-c3ccccc3F)cc2C(=O)NC(C)C)c1. The molecule has 3 aromatic rings. The van der Waals surface area contributed by atoms with Crippen molar-refractivity contribution >= 4 is 5.91 Å². The Morgan fingerprint density at radius 1 is 1.12 bits per heavy atom. The van der Waals surface area contributed by atoms with Crippen molar-refractivity contribution in [3.8, 4) is 16.9 Å². The number of hydrogen-bond donors (Lipinski definition) is 1. The smallest absolute Gasteiger partial charge is 0.270 e. The van der Waals surface area contributed by atoms with Crippen molar-refractivity contribution in [3.05, 3.63) is 71.7 Å². The maximum Gasteiger partial charge on any atom is 0.270 e. The monoisotopic (exact) mass is 337 g/mol. The highest BCUT2D eigenvalue weighted by atomic mass is 19.1. The molecule has 5 heteroatoms. The van der Waals surface area contributed by atoms with Crippen LogP contribution in [-0.2, 0) is 0 Å². The highest BCUT2D eigenvalue weighted by Crippen LogP contribution is 2.24. The van der Waals surface area contributed by atoms with E-state index in [1.807, 2.05) is 45.0 Å². The average Bonchev–Trinajstić information content (AvgIpc) is 3.00. The molecule has 0 saturated carbocycles. The summed E-state index contributed by atoms with van der Waals surface area (Å²) in [6, 6.07) is 15.7. The van der Waals surface area contributed by atoms with Gasteiger partial charge in [0.1, 0.15) is 11.5 Å². The van der Waals surface area contributed by atoms with Gasteiger partial charge in [-0.3, -0.25) is 4.79 Å². The van der Waals surface area contributed by atoms with Crippen LogP contribution >= 0.6 is 0 Å². The van der Waals surface area contributed by atoms with Gasteiger partial charge in [-0.05, 0) is 56.7 Å². The fourth-order valence-corrected chi connectivity index (χ4v) is 2.64. The van der Waals surface area contributed by atoms with Gasteiger partial charge in [0.2, 0.25) is 0 Å². The van der Waals surface area contributed by atoms with Crippen LogP contribution in [0.3, 0.4) is 0 Å². The Labute approximate surface area is 146 Å². The summed E-state index contributed by atoms with van der Waals surface area (Å²) in [5, 5.41) is 7.37. The van der Waals surface area contributed by atoms with Crippen LogP contribution in [0.1, 0.15) is 29.9 Å². The van der Waals surface area contributed by atoms with Crippen molar-refractivity contribution in [3.63, 3.8) is 0 Å². The molecule has 0 atom stereocenters. The number of aromatic nitrogens is 2. The van der Waals surface area contributed by atoms with Gasteiger partial charge in [-0.25, -0.2) is 9.07 Å². The molecular weight excluding hydrogens is 317 g/mol. The lowest BCUT2D eigenvalue weighted by Gasteiger charge is -2.10. The molecule has 2 aromatic carbocycles. The van der Waals surface area contributed by atoms with Crippen LogP contribution in [0.2, 0.25) is 0 Å². The quantitative estimate of drug-likeness (QED) is 0.778. The average molecular weight is 337 g/mol. The van der Waals surface area contributed by atoms with Crippen LogP contribution in [0.25, 0.3) is 16.9 Å². The standard InChI is InChI=1S/C20H20FN3O/c1-13(2)22-20(25)19-12-18(16-9-4-5-10-17(16)21)23-24(19)15-8-6-7-14(3)11-15/h4-13H,1-3H3,(H,22,25). The zero-order valence-corrected chi connectivity index (χ0v) is 14.5. The maximum atomic E-state index is 14.1. The molecule has 0 spiro atoms. The van der Waals surface area contributed by atoms with E-state index < -0.39 is 0 Å². The summed E-state index contributed by atoms with van der Waals surface area (Å²) in [5.41, 5.74) is 2.98. The van der Waals surface area contributed by atoms with Gasteiger partial charge in [0.25, 0.3) is 5.91 Å². The van der Waals surface area contributed by atoms with E-state index in [-0.39, 0.29) is 17.8 Å². The Balaban J connectivity index is 2.15. The van der Waals surface area contributed by atoms with Crippen LogP contribution < -0.4 is 5.32 Å². The number of nitrogens with zero attached hydrogens (tertiary/aromatic N) is 2. The first-order valence-electron chi connectivity index (χ1n) is 8.18. The maximum absolute atomic E-state index is 14.1. The fourth-order valence-electron chi connectivity index (χ4n) is 2.64. The van der Waals surface area contributed by atoms with E-state index >= 15 is 0 Å². The first kappa shape index (κ1) is 16.9. The van der Waals surface area contributed by atoms with Gasteiger partial charge in [-0.2, -0.15) is 5.10 Å². The minimum Gasteiger partial charge on any atom is -0.349 e. The third-order valence-corrected chi connectivity index (χ3v) is 3.76. The van der Waals surface area contributed by atoms with Gasteiger partial charge in [0.15, 0.2) is 0 Å². The second-order valence-corrected chi connectivity index (χ2v) is 6.27. The molecule has 1 amide bonds. The third kappa shape index (κ3) is 3.60. The molecule has 3 rings (SSSR count). The van der Waals surface area contributed by atoms with Crippen LogP contribution in [0.5, 0.6) is 0 Å². The van der Waals surface area contributed by atoms with Crippen molar-refractivity contribution in [2.24, 2.45) is 0 Å². The number of carbonyl (C=O) groups excluding carboxylic acids is 1. The van der Waals surface area contributed by atoms with Gasteiger partial charge in [-0.1, -0.05) is 24.3 Å². The second kappa shape index (κ2) is 6.89. The van der Waals surface area contributed by atoms with Crippen LogP contribution in [0, 0.1) is 12.7 Å². The fraction of sp³-hybridized carbons (Fsp3) is 0.200. The van der Waals surface area contributed by atoms with Gasteiger partial charge < -0.3 is 5.32 Å². The number of benzene rings is 2. The Morgan fingerprint density at radius 3 is 2.56 bits per heavy atom. The molecule has 0 aliphatic heterocycles. The molecule has 0 fully saturated rings. The van der Waals surface area contributed by atoms with E-state index in [9.17, 15) is 9.18 Å². The topological polar surface area (TPSA) is 46.9 Å². The molecule has 1 heterocycles. The Morgan fingerprint density at radius 2 is 1.88 bits per heavy atom. The summed E-state index contributed by atoms with van der Waals surface area (Å²) >= 11 is 0. The van der Waals surface area contributed by atoms with Crippen molar-refractivity contribution in [2.45, 2.75) is 26.8 Å². The molecule has 25 heavy (non-hydrogen) atoms. The number of halogens is 1. The number of rotatable bonds is 4. The summed E-state index contributed by atoms with van der Waals surface area (Å²) in [6.45, 7) is 5.75. The van der Waals surface area contributed by atoms with E-state index in [2.05, 4.69) is 10.4 Å². The van der Waals surface area contributed by atoms with E-state index in [0.717, 1.165) is 11.3 Å². The predicted molar refractivity (Wildman–Crippen MR) is 96.3 cm³/mol. The van der Waals surface area contributed by atoms with E-state index in [1.165, 1.54) is 6.07 Å². The Bertz CT molecular complexity index is 915. The van der Waals surface area contributed by atoms with Crippen LogP contribution in [-0.4, -0.2) is 21.7 Å². The molecule has 0 unspecified atom stereocenters. The van der Waals surface area contributed by atoms with Crippen molar-refractivity contribution in [1.82, 2.24) is 15.1 Å². The lowest BCUT2D eigenvalue weighted by molar-refractivity contribution is 0.0935. The lowest BCUT2D eigenvalue weighted by atomic mass is 10.1. The number of amides is 1. The summed E-state index contributed by atoms with van der Waals surface area (Å²) in [5.74, 6) is -0.612. The molecule has 0 bridgehead atoms. The Kier molecular flexibility index (Phi) is 4.65. The van der Waals surface area contributed by atoms with Crippen molar-refractivity contribution in [2.75, 3.05) is 0 Å². The van der Waals surface area contributed by atoms with Crippen molar-refractivity contribution in [1.29, 1.82) is 0 Å². The number of carbonyl (C=O) groups is 1. The first-order chi connectivity index (χ1) is 12.0. The minimum absolute atomic E-state index is 0.00901. The summed E-state index contributed by atoms with van der Waals surface area (Å²) in [4.78, 5) is 12.6. The van der Waals surface area contributed by atoms with E-state index in [4.69, 9.17) is 0 Å². The number of aryl methyl sites for hydroxylation is 1.